The van der Waals surface area contributed by atoms with E-state index in [-0.39, 0.29) is 5.91 Å². The number of hydrogen-bond acceptors (Lipinski definition) is 8. The zero-order valence-corrected chi connectivity index (χ0v) is 23.2. The standard InChI is InChI=1S/C29H31N7O3S/c1-21-5-10-25(18-27(21)34-29-31-13-11-26(33-29)24-4-3-12-30-19-24)32-28(37)23-8-6-22(7-9-23)20-35-14-16-36(17-15-35)40(2,38)39/h3-13,18-19H,14-17,20H2,1-2H3,(H,32,37)(H,31,33,34). The van der Waals surface area contributed by atoms with Gasteiger partial charge < -0.3 is 10.6 Å². The number of aryl methyl sites for hydroxylation is 1. The number of nitrogens with one attached hydrogen (secondary N) is 2. The highest BCUT2D eigenvalue weighted by atomic mass is 32.2. The summed E-state index contributed by atoms with van der Waals surface area (Å²) in [6.07, 6.45) is 6.41. The zero-order valence-electron chi connectivity index (χ0n) is 22.4. The van der Waals surface area contributed by atoms with E-state index in [1.54, 1.807) is 18.6 Å². The highest BCUT2D eigenvalue weighted by Gasteiger charge is 2.23. The maximum atomic E-state index is 13.0. The Hall–Kier alpha value is -4.19. The molecular weight excluding hydrogens is 526 g/mol. The Kier molecular flexibility index (Phi) is 8.15. The van der Waals surface area contributed by atoms with Crippen molar-refractivity contribution in [1.29, 1.82) is 0 Å². The zero-order chi connectivity index (χ0) is 28.1. The van der Waals surface area contributed by atoms with Gasteiger partial charge in [-0.05, 0) is 60.5 Å². The molecule has 2 N–H and O–H groups in total. The fourth-order valence-electron chi connectivity index (χ4n) is 4.49. The average molecular weight is 558 g/mol. The lowest BCUT2D eigenvalue weighted by Gasteiger charge is -2.33. The van der Waals surface area contributed by atoms with Crippen LogP contribution in [0.15, 0.2) is 79.3 Å². The number of pyridine rings is 1. The predicted octanol–water partition coefficient (Wildman–Crippen LogP) is 3.92. The summed E-state index contributed by atoms with van der Waals surface area (Å²) >= 11 is 0. The largest absolute Gasteiger partial charge is 0.324 e. The SMILES string of the molecule is Cc1ccc(NC(=O)c2ccc(CN3CCN(S(C)(=O)=O)CC3)cc2)cc1Nc1nccc(-c2cccnc2)n1. The molecule has 1 amide bonds. The highest BCUT2D eigenvalue weighted by Crippen LogP contribution is 2.25. The maximum absolute atomic E-state index is 13.0. The lowest BCUT2D eigenvalue weighted by Crippen LogP contribution is -2.47. The summed E-state index contributed by atoms with van der Waals surface area (Å²) in [7, 11) is -3.15. The predicted molar refractivity (Wildman–Crippen MR) is 156 cm³/mol. The molecule has 2 aromatic carbocycles. The Balaban J connectivity index is 1.20. The molecule has 0 radical (unpaired) electrons. The van der Waals surface area contributed by atoms with Crippen LogP contribution >= 0.6 is 0 Å². The summed E-state index contributed by atoms with van der Waals surface area (Å²) < 4.78 is 25.0. The minimum Gasteiger partial charge on any atom is -0.324 e. The number of amides is 1. The van der Waals surface area contributed by atoms with Crippen molar-refractivity contribution in [3.05, 3.63) is 95.9 Å². The monoisotopic (exact) mass is 557 g/mol. The summed E-state index contributed by atoms with van der Waals surface area (Å²) in [5.41, 5.74) is 5.68. The number of benzene rings is 2. The normalized spacial score (nSPS) is 14.6. The van der Waals surface area contributed by atoms with Crippen molar-refractivity contribution in [2.75, 3.05) is 43.1 Å². The molecule has 2 aromatic heterocycles. The van der Waals surface area contributed by atoms with Crippen molar-refractivity contribution >= 4 is 33.3 Å². The number of anilines is 3. The van der Waals surface area contributed by atoms with E-state index in [9.17, 15) is 13.2 Å². The third kappa shape index (κ3) is 6.87. The third-order valence-corrected chi connectivity index (χ3v) is 8.08. The second kappa shape index (κ2) is 11.9. The van der Waals surface area contributed by atoms with E-state index < -0.39 is 10.0 Å². The minimum absolute atomic E-state index is 0.210. The topological polar surface area (TPSA) is 120 Å². The summed E-state index contributed by atoms with van der Waals surface area (Å²) in [6.45, 7) is 5.02. The average Bonchev–Trinajstić information content (AvgIpc) is 2.96. The second-order valence-electron chi connectivity index (χ2n) is 9.75. The van der Waals surface area contributed by atoms with E-state index in [0.717, 1.165) is 28.1 Å². The molecule has 0 bridgehead atoms. The van der Waals surface area contributed by atoms with Crippen LogP contribution in [-0.2, 0) is 16.6 Å². The molecule has 5 rings (SSSR count). The molecule has 0 spiro atoms. The first-order valence-electron chi connectivity index (χ1n) is 12.9. The van der Waals surface area contributed by atoms with Crippen LogP contribution in [0.1, 0.15) is 21.5 Å². The molecule has 1 aliphatic heterocycles. The Labute approximate surface area is 234 Å². The Morgan fingerprint density at radius 3 is 2.45 bits per heavy atom. The van der Waals surface area contributed by atoms with Crippen LogP contribution in [0.2, 0.25) is 0 Å². The number of rotatable bonds is 8. The molecule has 1 aliphatic rings. The van der Waals surface area contributed by atoms with Gasteiger partial charge in [0.2, 0.25) is 16.0 Å². The summed E-state index contributed by atoms with van der Waals surface area (Å²) in [5.74, 6) is 0.235. The van der Waals surface area contributed by atoms with E-state index in [4.69, 9.17) is 0 Å². The van der Waals surface area contributed by atoms with Gasteiger partial charge in [-0.2, -0.15) is 4.31 Å². The van der Waals surface area contributed by atoms with E-state index in [1.807, 2.05) is 67.6 Å². The van der Waals surface area contributed by atoms with E-state index in [0.29, 0.717) is 49.9 Å². The van der Waals surface area contributed by atoms with Crippen molar-refractivity contribution in [1.82, 2.24) is 24.2 Å². The molecule has 0 atom stereocenters. The van der Waals surface area contributed by atoms with Crippen molar-refractivity contribution in [2.24, 2.45) is 0 Å². The summed E-state index contributed by atoms with van der Waals surface area (Å²) in [6, 6.07) is 18.8. The highest BCUT2D eigenvalue weighted by molar-refractivity contribution is 7.88. The smallest absolute Gasteiger partial charge is 0.255 e. The molecule has 40 heavy (non-hydrogen) atoms. The molecule has 3 heterocycles. The van der Waals surface area contributed by atoms with E-state index in [1.165, 1.54) is 10.6 Å². The first-order valence-corrected chi connectivity index (χ1v) is 14.8. The molecule has 206 valence electrons. The molecule has 1 fully saturated rings. The van der Waals surface area contributed by atoms with Crippen LogP contribution in [0.25, 0.3) is 11.3 Å². The molecule has 10 nitrogen and oxygen atoms in total. The number of carbonyl (C=O) groups excluding carboxylic acids is 1. The molecule has 0 unspecified atom stereocenters. The van der Waals surface area contributed by atoms with Gasteiger partial charge in [0, 0.05) is 73.8 Å². The summed E-state index contributed by atoms with van der Waals surface area (Å²) in [4.78, 5) is 28.3. The molecule has 0 saturated carbocycles. The van der Waals surface area contributed by atoms with Crippen LogP contribution in [0.5, 0.6) is 0 Å². The van der Waals surface area contributed by atoms with Crippen LogP contribution in [0, 0.1) is 6.92 Å². The first-order chi connectivity index (χ1) is 19.2. The van der Waals surface area contributed by atoms with Crippen LogP contribution in [0.4, 0.5) is 17.3 Å². The quantitative estimate of drug-likeness (QED) is 0.335. The fourth-order valence-corrected chi connectivity index (χ4v) is 5.32. The van der Waals surface area contributed by atoms with Crippen LogP contribution in [-0.4, -0.2) is 70.9 Å². The van der Waals surface area contributed by atoms with Gasteiger partial charge in [-0.25, -0.2) is 18.4 Å². The number of aromatic nitrogens is 3. The molecular formula is C29H31N7O3S. The number of nitrogens with zero attached hydrogens (tertiary/aromatic N) is 5. The molecule has 1 saturated heterocycles. The third-order valence-electron chi connectivity index (χ3n) is 6.78. The Bertz CT molecular complexity index is 1590. The Morgan fingerprint density at radius 1 is 0.975 bits per heavy atom. The van der Waals surface area contributed by atoms with Gasteiger partial charge >= 0.3 is 0 Å². The lowest BCUT2D eigenvalue weighted by atomic mass is 10.1. The van der Waals surface area contributed by atoms with Gasteiger partial charge in [0.25, 0.3) is 5.91 Å². The Morgan fingerprint density at radius 2 is 1.75 bits per heavy atom. The number of piperazine rings is 1. The molecule has 0 aliphatic carbocycles. The van der Waals surface area contributed by atoms with Gasteiger partial charge in [0.15, 0.2) is 0 Å². The van der Waals surface area contributed by atoms with Crippen LogP contribution in [0.3, 0.4) is 0 Å². The minimum atomic E-state index is -3.15. The van der Waals surface area contributed by atoms with Gasteiger partial charge in [-0.1, -0.05) is 18.2 Å². The lowest BCUT2D eigenvalue weighted by molar-refractivity contribution is 0.102. The van der Waals surface area contributed by atoms with E-state index >= 15 is 0 Å². The first kappa shape index (κ1) is 27.4. The van der Waals surface area contributed by atoms with Crippen molar-refractivity contribution in [2.45, 2.75) is 13.5 Å². The number of carbonyl (C=O) groups is 1. The van der Waals surface area contributed by atoms with Gasteiger partial charge in [-0.3, -0.25) is 14.7 Å². The van der Waals surface area contributed by atoms with Gasteiger partial charge in [0.05, 0.1) is 11.9 Å². The van der Waals surface area contributed by atoms with Gasteiger partial charge in [-0.15, -0.1) is 0 Å². The van der Waals surface area contributed by atoms with E-state index in [2.05, 4.69) is 30.5 Å². The molecule has 4 aromatic rings. The fraction of sp³-hybridized carbons (Fsp3) is 0.241. The van der Waals surface area contributed by atoms with Crippen molar-refractivity contribution in [3.63, 3.8) is 0 Å². The maximum Gasteiger partial charge on any atom is 0.255 e. The number of sulfonamides is 1. The second-order valence-corrected chi connectivity index (χ2v) is 11.7. The molecule has 11 heteroatoms. The van der Waals surface area contributed by atoms with Crippen molar-refractivity contribution < 1.29 is 13.2 Å². The summed E-state index contributed by atoms with van der Waals surface area (Å²) in [5, 5.41) is 6.23. The van der Waals surface area contributed by atoms with Crippen LogP contribution < -0.4 is 10.6 Å². The van der Waals surface area contributed by atoms with Crippen molar-refractivity contribution in [3.8, 4) is 11.3 Å². The van der Waals surface area contributed by atoms with Gasteiger partial charge in [0.1, 0.15) is 0 Å². The number of hydrogen-bond donors (Lipinski definition) is 2.